The molecule has 1 aliphatic heterocycles. The van der Waals surface area contributed by atoms with Crippen LogP contribution in [-0.4, -0.2) is 29.7 Å². The summed E-state index contributed by atoms with van der Waals surface area (Å²) in [6.45, 7) is 1.63. The molecule has 0 fully saturated rings. The molecule has 5 nitrogen and oxygen atoms in total. The molecule has 1 aliphatic carbocycles. The number of halogens is 4. The van der Waals surface area contributed by atoms with Crippen molar-refractivity contribution in [2.45, 2.75) is 25.9 Å². The molecule has 1 aromatic rings. The Kier molecular flexibility index (Phi) is 5.24. The molecule has 0 atom stereocenters. The van der Waals surface area contributed by atoms with Crippen molar-refractivity contribution in [3.63, 3.8) is 0 Å². The summed E-state index contributed by atoms with van der Waals surface area (Å²) in [5.41, 5.74) is 1.63. The van der Waals surface area contributed by atoms with Gasteiger partial charge in [0.15, 0.2) is 5.78 Å². The summed E-state index contributed by atoms with van der Waals surface area (Å²) in [6.07, 6.45) is -4.86. The monoisotopic (exact) mass is 431 g/mol. The van der Waals surface area contributed by atoms with E-state index in [1.54, 1.807) is 6.92 Å². The number of alkyl halides is 3. The minimum Gasteiger partial charge on any atom is -0.495 e. The van der Waals surface area contributed by atoms with Crippen molar-refractivity contribution < 1.29 is 32.6 Å². The molecule has 2 heterocycles. The van der Waals surface area contributed by atoms with Crippen molar-refractivity contribution in [2.75, 3.05) is 7.11 Å². The molecular formula is C18H13ClF3NO4S. The molecule has 1 aromatic heterocycles. The van der Waals surface area contributed by atoms with Gasteiger partial charge in [-0.15, -0.1) is 11.3 Å². The molecule has 0 amide bonds. The number of carboxylic acid groups (broad SMARTS) is 1. The SMILES string of the molecule is COC1=C(C(=O)c2csc(C(F)(F)F)c2)CC2=NC(C)=C(CC(=O)O)C2=C1Cl. The number of Topliss-reactive ketones (excluding diaryl/α,β-unsaturated/α-hetero) is 1. The lowest BCUT2D eigenvalue weighted by atomic mass is 9.87. The van der Waals surface area contributed by atoms with Crippen LogP contribution in [0.3, 0.4) is 0 Å². The van der Waals surface area contributed by atoms with E-state index >= 15 is 0 Å². The number of carbonyl (C=O) groups excluding carboxylic acids is 1. The number of aliphatic carboxylic acids is 1. The summed E-state index contributed by atoms with van der Waals surface area (Å²) >= 11 is 6.82. The predicted octanol–water partition coefficient (Wildman–Crippen LogP) is 4.95. The van der Waals surface area contributed by atoms with Crippen molar-refractivity contribution >= 4 is 40.4 Å². The molecule has 0 radical (unpaired) electrons. The van der Waals surface area contributed by atoms with Gasteiger partial charge in [-0.1, -0.05) is 11.6 Å². The van der Waals surface area contributed by atoms with E-state index in [9.17, 15) is 22.8 Å². The van der Waals surface area contributed by atoms with Gasteiger partial charge in [-0.05, 0) is 18.6 Å². The molecule has 2 aliphatic rings. The highest BCUT2D eigenvalue weighted by molar-refractivity contribution is 7.10. The Morgan fingerprint density at radius 1 is 1.39 bits per heavy atom. The summed E-state index contributed by atoms with van der Waals surface area (Å²) < 4.78 is 43.8. The number of rotatable bonds is 5. The average Bonchev–Trinajstić information content (AvgIpc) is 3.19. The van der Waals surface area contributed by atoms with Gasteiger partial charge in [0, 0.05) is 34.2 Å². The largest absolute Gasteiger partial charge is 0.495 e. The fourth-order valence-corrected chi connectivity index (χ4v) is 4.28. The minimum absolute atomic E-state index is 0.0120. The quantitative estimate of drug-likeness (QED) is 0.669. The normalized spacial score (nSPS) is 17.1. The maximum absolute atomic E-state index is 12.8. The summed E-state index contributed by atoms with van der Waals surface area (Å²) in [6, 6.07) is 0.788. The molecule has 0 unspecified atom stereocenters. The van der Waals surface area contributed by atoms with E-state index in [4.69, 9.17) is 21.4 Å². The lowest BCUT2D eigenvalue weighted by molar-refractivity contribution is -0.136. The Morgan fingerprint density at radius 3 is 2.61 bits per heavy atom. The first-order valence-electron chi connectivity index (χ1n) is 7.92. The van der Waals surface area contributed by atoms with Gasteiger partial charge in [-0.3, -0.25) is 14.6 Å². The van der Waals surface area contributed by atoms with E-state index in [-0.39, 0.29) is 34.8 Å². The van der Waals surface area contributed by atoms with Gasteiger partial charge >= 0.3 is 12.1 Å². The first-order chi connectivity index (χ1) is 13.0. The summed E-state index contributed by atoms with van der Waals surface area (Å²) in [5, 5.41) is 10.3. The standard InChI is InChI=1S/C18H13ClF3NO4S/c1-7-9(5-13(24)25)14-11(23-7)4-10(17(27-2)15(14)19)16(26)8-3-12(28-6-8)18(20,21)22/h3,6H,4-5H2,1-2H3,(H,24,25). The fraction of sp³-hybridized carbons (Fsp3) is 0.278. The summed E-state index contributed by atoms with van der Waals surface area (Å²) in [4.78, 5) is 27.4. The van der Waals surface area contributed by atoms with Crippen LogP contribution in [0.2, 0.25) is 0 Å². The van der Waals surface area contributed by atoms with E-state index in [1.807, 2.05) is 0 Å². The van der Waals surface area contributed by atoms with Gasteiger partial charge in [0.05, 0.1) is 24.3 Å². The predicted molar refractivity (Wildman–Crippen MR) is 97.6 cm³/mol. The zero-order valence-corrected chi connectivity index (χ0v) is 16.2. The van der Waals surface area contributed by atoms with Crippen LogP contribution in [0.25, 0.3) is 0 Å². The highest BCUT2D eigenvalue weighted by Crippen LogP contribution is 2.42. The number of fused-ring (bicyclic) bond motifs is 1. The van der Waals surface area contributed by atoms with Gasteiger partial charge in [-0.25, -0.2) is 0 Å². The van der Waals surface area contributed by atoms with Crippen LogP contribution in [-0.2, 0) is 15.7 Å². The minimum atomic E-state index is -4.54. The van der Waals surface area contributed by atoms with Gasteiger partial charge in [-0.2, -0.15) is 13.2 Å². The van der Waals surface area contributed by atoms with E-state index in [0.717, 1.165) is 11.4 Å². The number of nitrogens with zero attached hydrogens (tertiary/aromatic N) is 1. The van der Waals surface area contributed by atoms with Crippen LogP contribution in [0.1, 0.15) is 35.0 Å². The molecule has 0 saturated heterocycles. The smallest absolute Gasteiger partial charge is 0.425 e. The first kappa shape index (κ1) is 20.3. The fourth-order valence-electron chi connectivity index (χ4n) is 3.10. The number of carboxylic acids is 1. The van der Waals surface area contributed by atoms with Crippen molar-refractivity contribution in [2.24, 2.45) is 4.99 Å². The van der Waals surface area contributed by atoms with Gasteiger partial charge < -0.3 is 9.84 Å². The van der Waals surface area contributed by atoms with Crippen molar-refractivity contribution in [1.29, 1.82) is 0 Å². The number of allylic oxidation sites excluding steroid dienone is 4. The Labute approximate surface area is 166 Å². The van der Waals surface area contributed by atoms with Crippen molar-refractivity contribution in [3.05, 3.63) is 55.1 Å². The number of ether oxygens (including phenoxy) is 1. The average molecular weight is 432 g/mol. The molecular weight excluding hydrogens is 419 g/mol. The molecule has 10 heteroatoms. The van der Waals surface area contributed by atoms with Crippen molar-refractivity contribution in [1.82, 2.24) is 0 Å². The Balaban J connectivity index is 2.05. The van der Waals surface area contributed by atoms with Crippen LogP contribution in [0, 0.1) is 0 Å². The van der Waals surface area contributed by atoms with Crippen molar-refractivity contribution in [3.8, 4) is 0 Å². The van der Waals surface area contributed by atoms with Gasteiger partial charge in [0.1, 0.15) is 10.6 Å². The molecule has 0 aromatic carbocycles. The molecule has 0 bridgehead atoms. The van der Waals surface area contributed by atoms with Gasteiger partial charge in [0.25, 0.3) is 0 Å². The zero-order chi connectivity index (χ0) is 20.8. The Morgan fingerprint density at radius 2 is 2.07 bits per heavy atom. The van der Waals surface area contributed by atoms with Gasteiger partial charge in [0.2, 0.25) is 0 Å². The molecule has 0 saturated carbocycles. The molecule has 148 valence electrons. The number of carbonyl (C=O) groups is 2. The van der Waals surface area contributed by atoms with Crippen LogP contribution < -0.4 is 0 Å². The zero-order valence-electron chi connectivity index (χ0n) is 14.6. The summed E-state index contributed by atoms with van der Waals surface area (Å²) in [7, 11) is 1.28. The van der Waals surface area contributed by atoms with E-state index in [2.05, 4.69) is 4.99 Å². The number of hydrogen-bond donors (Lipinski definition) is 1. The highest BCUT2D eigenvalue weighted by Gasteiger charge is 2.37. The second kappa shape index (κ2) is 7.21. The Bertz CT molecular complexity index is 1010. The number of ketones is 1. The molecule has 28 heavy (non-hydrogen) atoms. The maximum atomic E-state index is 12.8. The molecule has 0 spiro atoms. The second-order valence-corrected chi connectivity index (χ2v) is 7.39. The first-order valence-corrected chi connectivity index (χ1v) is 9.18. The highest BCUT2D eigenvalue weighted by atomic mass is 35.5. The number of hydrogen-bond acceptors (Lipinski definition) is 5. The van der Waals surface area contributed by atoms with Crippen LogP contribution in [0.15, 0.2) is 49.6 Å². The molecule has 3 rings (SSSR count). The third-order valence-corrected chi connectivity index (χ3v) is 5.65. The lowest BCUT2D eigenvalue weighted by Crippen LogP contribution is -2.19. The van der Waals surface area contributed by atoms with Crippen LogP contribution in [0.4, 0.5) is 13.2 Å². The third-order valence-electron chi connectivity index (χ3n) is 4.31. The third kappa shape index (κ3) is 3.51. The van der Waals surface area contributed by atoms with E-state index in [1.165, 1.54) is 7.11 Å². The van der Waals surface area contributed by atoms with Crippen LogP contribution in [0.5, 0.6) is 0 Å². The number of methoxy groups -OCH3 is 1. The number of aliphatic imine (C=N–C) groups is 1. The maximum Gasteiger partial charge on any atom is 0.425 e. The topological polar surface area (TPSA) is 76.0 Å². The lowest BCUT2D eigenvalue weighted by Gasteiger charge is -2.21. The Hall–Kier alpha value is -2.39. The van der Waals surface area contributed by atoms with E-state index < -0.39 is 22.8 Å². The number of thiophene rings is 1. The van der Waals surface area contributed by atoms with E-state index in [0.29, 0.717) is 33.9 Å². The van der Waals surface area contributed by atoms with Crippen LogP contribution >= 0.6 is 22.9 Å². The summed E-state index contributed by atoms with van der Waals surface area (Å²) in [5.74, 6) is -1.70. The second-order valence-electron chi connectivity index (χ2n) is 6.10. The molecule has 1 N–H and O–H groups in total.